The number of nitrogens with zero attached hydrogens (tertiary/aromatic N) is 3. The molecule has 0 bridgehead atoms. The van der Waals surface area contributed by atoms with Gasteiger partial charge < -0.3 is 5.32 Å². The molecular formula is C20H18N4O2S. The molecule has 0 saturated carbocycles. The van der Waals surface area contributed by atoms with Gasteiger partial charge in [0, 0.05) is 40.6 Å². The summed E-state index contributed by atoms with van der Waals surface area (Å²) in [5.41, 5.74) is 2.95. The van der Waals surface area contributed by atoms with Crippen LogP contribution < -0.4 is 5.32 Å². The first-order valence-corrected chi connectivity index (χ1v) is 9.17. The third-order valence-corrected chi connectivity index (χ3v) is 4.64. The number of anilines is 1. The average molecular weight is 378 g/mol. The van der Waals surface area contributed by atoms with Crippen molar-refractivity contribution in [2.75, 3.05) is 5.32 Å². The lowest BCUT2D eigenvalue weighted by molar-refractivity contribution is -0.106. The molecule has 2 aliphatic rings. The molecule has 1 amide bonds. The fourth-order valence-electron chi connectivity index (χ4n) is 2.58. The van der Waals surface area contributed by atoms with Crippen LogP contribution in [0.3, 0.4) is 0 Å². The molecule has 3 heterocycles. The minimum atomic E-state index is 0.479. The maximum atomic E-state index is 11.1. The van der Waals surface area contributed by atoms with Crippen molar-refractivity contribution in [3.8, 4) is 0 Å². The fourth-order valence-corrected chi connectivity index (χ4v) is 3.11. The number of carbonyl (C=O) groups is 2. The fraction of sp³-hybridized carbons (Fsp3) is 0.100. The van der Waals surface area contributed by atoms with Gasteiger partial charge in [0.15, 0.2) is 5.82 Å². The van der Waals surface area contributed by atoms with Crippen LogP contribution in [-0.2, 0) is 9.59 Å². The van der Waals surface area contributed by atoms with Crippen LogP contribution >= 0.6 is 11.3 Å². The van der Waals surface area contributed by atoms with Crippen LogP contribution in [0.25, 0.3) is 5.70 Å². The van der Waals surface area contributed by atoms with Crippen molar-refractivity contribution in [3.05, 3.63) is 69.7 Å². The van der Waals surface area contributed by atoms with Crippen molar-refractivity contribution >= 4 is 47.8 Å². The number of fused-ring (bicyclic) bond motifs is 1. The SMILES string of the molecule is Cc1cccs1.O=CNc1cccc(C2=CC=NC3=C(C=O)CC=NN23)c1. The van der Waals surface area contributed by atoms with Crippen LogP contribution in [0.15, 0.2) is 69.3 Å². The summed E-state index contributed by atoms with van der Waals surface area (Å²) >= 11 is 1.78. The Kier molecular flexibility index (Phi) is 6.06. The van der Waals surface area contributed by atoms with Gasteiger partial charge in [-0.05, 0) is 36.6 Å². The first-order valence-electron chi connectivity index (χ1n) is 8.29. The third-order valence-electron chi connectivity index (χ3n) is 3.84. The van der Waals surface area contributed by atoms with Gasteiger partial charge in [-0.3, -0.25) is 9.59 Å². The Hall–Kier alpha value is -3.32. The van der Waals surface area contributed by atoms with Gasteiger partial charge in [-0.1, -0.05) is 18.2 Å². The van der Waals surface area contributed by atoms with Crippen LogP contribution in [0, 0.1) is 6.92 Å². The molecule has 7 heteroatoms. The van der Waals surface area contributed by atoms with Gasteiger partial charge in [-0.25, -0.2) is 10.0 Å². The second-order valence-electron chi connectivity index (χ2n) is 5.68. The number of nitrogens with one attached hydrogen (secondary N) is 1. The second-order valence-corrected chi connectivity index (χ2v) is 6.83. The van der Waals surface area contributed by atoms with Gasteiger partial charge in [0.2, 0.25) is 6.41 Å². The number of aryl methyl sites for hydroxylation is 1. The molecule has 2 aromatic rings. The molecular weight excluding hydrogens is 360 g/mol. The lowest BCUT2D eigenvalue weighted by Gasteiger charge is -2.28. The van der Waals surface area contributed by atoms with Gasteiger partial charge >= 0.3 is 0 Å². The topological polar surface area (TPSA) is 74.1 Å². The molecule has 0 saturated heterocycles. The molecule has 136 valence electrons. The summed E-state index contributed by atoms with van der Waals surface area (Å²) in [6, 6.07) is 11.5. The molecule has 0 aliphatic carbocycles. The molecule has 27 heavy (non-hydrogen) atoms. The summed E-state index contributed by atoms with van der Waals surface area (Å²) in [5, 5.41) is 10.6. The minimum Gasteiger partial charge on any atom is -0.329 e. The predicted octanol–water partition coefficient (Wildman–Crippen LogP) is 3.84. The number of carbonyl (C=O) groups excluding carboxylic acids is 2. The van der Waals surface area contributed by atoms with E-state index in [1.165, 1.54) is 4.88 Å². The molecule has 0 fully saturated rings. The monoisotopic (exact) mass is 378 g/mol. The number of amides is 1. The molecule has 6 nitrogen and oxygen atoms in total. The third kappa shape index (κ3) is 4.45. The molecule has 0 unspecified atom stereocenters. The van der Waals surface area contributed by atoms with Crippen LogP contribution in [0.5, 0.6) is 0 Å². The summed E-state index contributed by atoms with van der Waals surface area (Å²) in [4.78, 5) is 27.3. The van der Waals surface area contributed by atoms with Gasteiger partial charge in [-0.15, -0.1) is 11.3 Å². The quantitative estimate of drug-likeness (QED) is 0.822. The Balaban J connectivity index is 0.000000299. The largest absolute Gasteiger partial charge is 0.329 e. The zero-order valence-electron chi connectivity index (χ0n) is 14.7. The van der Waals surface area contributed by atoms with E-state index in [2.05, 4.69) is 39.8 Å². The molecule has 0 spiro atoms. The maximum absolute atomic E-state index is 11.1. The maximum Gasteiger partial charge on any atom is 0.211 e. The highest BCUT2D eigenvalue weighted by atomic mass is 32.1. The summed E-state index contributed by atoms with van der Waals surface area (Å²) in [7, 11) is 0. The highest BCUT2D eigenvalue weighted by molar-refractivity contribution is 7.09. The van der Waals surface area contributed by atoms with Crippen molar-refractivity contribution in [1.29, 1.82) is 0 Å². The second kappa shape index (κ2) is 8.86. The summed E-state index contributed by atoms with van der Waals surface area (Å²) in [6.45, 7) is 2.10. The first kappa shape index (κ1) is 18.5. The Bertz CT molecular complexity index is 943. The van der Waals surface area contributed by atoms with Gasteiger partial charge in [0.05, 0.1) is 5.70 Å². The number of rotatable bonds is 4. The van der Waals surface area contributed by atoms with E-state index < -0.39 is 0 Å². The van der Waals surface area contributed by atoms with Crippen LogP contribution in [-0.4, -0.2) is 30.1 Å². The van der Waals surface area contributed by atoms with Crippen molar-refractivity contribution in [2.24, 2.45) is 10.1 Å². The van der Waals surface area contributed by atoms with Crippen LogP contribution in [0.2, 0.25) is 0 Å². The Labute approximate surface area is 161 Å². The highest BCUT2D eigenvalue weighted by Gasteiger charge is 2.23. The number of thiophene rings is 1. The number of aliphatic imine (C=N–C) groups is 1. The van der Waals surface area contributed by atoms with Gasteiger partial charge in [-0.2, -0.15) is 5.10 Å². The summed E-state index contributed by atoms with van der Waals surface area (Å²) in [5.74, 6) is 0.541. The number of hydrogen-bond acceptors (Lipinski definition) is 6. The van der Waals surface area contributed by atoms with E-state index >= 15 is 0 Å². The molecule has 1 N–H and O–H groups in total. The van der Waals surface area contributed by atoms with E-state index in [9.17, 15) is 9.59 Å². The minimum absolute atomic E-state index is 0.479. The van der Waals surface area contributed by atoms with Crippen LogP contribution in [0.4, 0.5) is 5.69 Å². The molecule has 1 aromatic heterocycles. The van der Waals surface area contributed by atoms with Crippen molar-refractivity contribution in [1.82, 2.24) is 5.01 Å². The number of benzene rings is 1. The lowest BCUT2D eigenvalue weighted by atomic mass is 10.1. The zero-order valence-corrected chi connectivity index (χ0v) is 15.5. The van der Waals surface area contributed by atoms with E-state index in [1.807, 2.05) is 24.3 Å². The Morgan fingerprint density at radius 3 is 2.78 bits per heavy atom. The van der Waals surface area contributed by atoms with Crippen molar-refractivity contribution in [3.63, 3.8) is 0 Å². The lowest BCUT2D eigenvalue weighted by Crippen LogP contribution is -2.22. The smallest absolute Gasteiger partial charge is 0.211 e. The molecule has 4 rings (SSSR count). The van der Waals surface area contributed by atoms with Gasteiger partial charge in [0.25, 0.3) is 0 Å². The van der Waals surface area contributed by atoms with Crippen LogP contribution in [0.1, 0.15) is 16.9 Å². The number of hydrazone groups is 1. The standard InChI is InChI=1S/C15H12N4O2.C5H6S/c20-9-12-4-7-18-19-14(5-6-16-15(12)19)11-2-1-3-13(8-11)17-10-21;1-5-3-2-4-6-5/h1-3,5-10H,4H2,(H,17,21);2-4H,1H3. The predicted molar refractivity (Wildman–Crippen MR) is 110 cm³/mol. The number of allylic oxidation sites excluding steroid dienone is 2. The number of aldehydes is 1. The zero-order chi connectivity index (χ0) is 19.1. The molecule has 1 aromatic carbocycles. The van der Waals surface area contributed by atoms with E-state index in [-0.39, 0.29) is 0 Å². The van der Waals surface area contributed by atoms with Crippen molar-refractivity contribution in [2.45, 2.75) is 13.3 Å². The van der Waals surface area contributed by atoms with Crippen molar-refractivity contribution < 1.29 is 9.59 Å². The first-order chi connectivity index (χ1) is 13.2. The highest BCUT2D eigenvalue weighted by Crippen LogP contribution is 2.31. The normalized spacial score (nSPS) is 14.7. The van der Waals surface area contributed by atoms with E-state index in [0.29, 0.717) is 29.9 Å². The van der Waals surface area contributed by atoms with E-state index in [4.69, 9.17) is 0 Å². The van der Waals surface area contributed by atoms with E-state index in [0.717, 1.165) is 17.5 Å². The van der Waals surface area contributed by atoms with E-state index in [1.54, 1.807) is 34.8 Å². The Morgan fingerprint density at radius 2 is 2.11 bits per heavy atom. The van der Waals surface area contributed by atoms with Gasteiger partial charge in [0.1, 0.15) is 6.29 Å². The summed E-state index contributed by atoms with van der Waals surface area (Å²) in [6.07, 6.45) is 7.05. The average Bonchev–Trinajstić information content (AvgIpc) is 3.19. The number of hydrogen-bond donors (Lipinski definition) is 1. The molecule has 0 radical (unpaired) electrons. The Morgan fingerprint density at radius 1 is 1.22 bits per heavy atom. The molecule has 0 atom stereocenters. The summed E-state index contributed by atoms with van der Waals surface area (Å²) < 4.78 is 0. The molecule has 2 aliphatic heterocycles.